The lowest BCUT2D eigenvalue weighted by atomic mass is 10.1. The number of aromatic hydroxyl groups is 1. The average Bonchev–Trinajstić information content (AvgIpc) is 3.18. The van der Waals surface area contributed by atoms with E-state index < -0.39 is 5.76 Å². The summed E-state index contributed by atoms with van der Waals surface area (Å²) in [5, 5.41) is 0.662. The molecular formula is C23H25ClN3O5+. The Balaban J connectivity index is 1.17. The monoisotopic (exact) mass is 458 g/mol. The van der Waals surface area contributed by atoms with Crippen molar-refractivity contribution in [2.75, 3.05) is 39.3 Å². The number of piperazine rings is 1. The minimum absolute atomic E-state index is 0.00179. The molecule has 0 spiro atoms. The third-order valence-corrected chi connectivity index (χ3v) is 5.82. The van der Waals surface area contributed by atoms with E-state index in [9.17, 15) is 14.4 Å². The summed E-state index contributed by atoms with van der Waals surface area (Å²) in [5.74, 6) is 0.378. The average molecular weight is 459 g/mol. The SMILES string of the molecule is O=C(CCN1CCN(C(=O)CC[OH+]c2ccc(Cl)cc2)CC1)c1ccc2[nH]c(=O)oc2c1. The number of benzene rings is 2. The summed E-state index contributed by atoms with van der Waals surface area (Å²) in [7, 11) is 0. The van der Waals surface area contributed by atoms with Crippen LogP contribution < -0.4 is 5.76 Å². The molecule has 0 aliphatic carbocycles. The molecule has 4 rings (SSSR count). The van der Waals surface area contributed by atoms with E-state index in [1.165, 1.54) is 0 Å². The number of nitrogens with one attached hydrogen (secondary N) is 1. The molecule has 1 aliphatic heterocycles. The van der Waals surface area contributed by atoms with Gasteiger partial charge in [-0.05, 0) is 30.3 Å². The van der Waals surface area contributed by atoms with Crippen LogP contribution in [0.25, 0.3) is 11.1 Å². The molecule has 1 aromatic heterocycles. The molecule has 3 aromatic rings. The van der Waals surface area contributed by atoms with Crippen molar-refractivity contribution < 1.29 is 18.7 Å². The van der Waals surface area contributed by atoms with Gasteiger partial charge in [0, 0.05) is 61.9 Å². The molecule has 0 saturated carbocycles. The molecule has 0 unspecified atom stereocenters. The number of hydrogen-bond acceptors (Lipinski definition) is 5. The van der Waals surface area contributed by atoms with Gasteiger partial charge in [-0.15, -0.1) is 0 Å². The van der Waals surface area contributed by atoms with E-state index in [1.54, 1.807) is 30.3 Å². The number of nitrogens with zero attached hydrogens (tertiary/aromatic N) is 2. The number of Topliss-reactive ketones (excluding diaryl/α,β-unsaturated/α-hetero) is 1. The van der Waals surface area contributed by atoms with Crippen LogP contribution in [0, 0.1) is 0 Å². The molecule has 0 bridgehead atoms. The number of amides is 1. The van der Waals surface area contributed by atoms with Gasteiger partial charge in [-0.25, -0.2) is 4.79 Å². The topological polar surface area (TPSA) is 99.4 Å². The molecule has 0 atom stereocenters. The normalized spacial score (nSPS) is 14.6. The van der Waals surface area contributed by atoms with Crippen LogP contribution in [-0.2, 0) is 4.79 Å². The van der Waals surface area contributed by atoms with Crippen molar-refractivity contribution in [3.05, 3.63) is 63.6 Å². The van der Waals surface area contributed by atoms with Crippen LogP contribution in [-0.4, -0.2) is 70.5 Å². The highest BCUT2D eigenvalue weighted by Crippen LogP contribution is 2.17. The molecule has 2 heterocycles. The fourth-order valence-corrected chi connectivity index (χ4v) is 3.85. The first-order valence-corrected chi connectivity index (χ1v) is 10.9. The van der Waals surface area contributed by atoms with Gasteiger partial charge in [-0.3, -0.25) is 19.5 Å². The quantitative estimate of drug-likeness (QED) is 0.413. The number of aromatic amines is 1. The third-order valence-electron chi connectivity index (χ3n) is 5.57. The minimum atomic E-state index is -0.532. The lowest BCUT2D eigenvalue weighted by molar-refractivity contribution is -0.134. The molecule has 1 saturated heterocycles. The zero-order chi connectivity index (χ0) is 22.5. The molecule has 1 amide bonds. The Morgan fingerprint density at radius 2 is 1.78 bits per heavy atom. The summed E-state index contributed by atoms with van der Waals surface area (Å²) in [6, 6.07) is 12.2. The van der Waals surface area contributed by atoms with Gasteiger partial charge in [0.1, 0.15) is 6.42 Å². The van der Waals surface area contributed by atoms with Gasteiger partial charge in [0.2, 0.25) is 5.91 Å². The second kappa shape index (κ2) is 10.0. The van der Waals surface area contributed by atoms with Crippen LogP contribution in [0.2, 0.25) is 5.02 Å². The molecule has 1 fully saturated rings. The summed E-state index contributed by atoms with van der Waals surface area (Å²) in [6.45, 7) is 3.84. The zero-order valence-corrected chi connectivity index (χ0v) is 18.3. The maximum atomic E-state index is 12.5. The number of aliphatic hydroxyl groups is 1. The first-order valence-electron chi connectivity index (χ1n) is 10.6. The van der Waals surface area contributed by atoms with E-state index in [0.717, 1.165) is 18.8 Å². The second-order valence-electron chi connectivity index (χ2n) is 7.73. The van der Waals surface area contributed by atoms with Gasteiger partial charge in [0.15, 0.2) is 18.0 Å². The number of carbonyl (C=O) groups excluding carboxylic acids is 2. The van der Waals surface area contributed by atoms with Crippen LogP contribution in [0.15, 0.2) is 51.7 Å². The molecular weight excluding hydrogens is 434 g/mol. The van der Waals surface area contributed by atoms with Crippen LogP contribution >= 0.6 is 11.6 Å². The second-order valence-corrected chi connectivity index (χ2v) is 8.17. The van der Waals surface area contributed by atoms with Crippen LogP contribution in [0.3, 0.4) is 0 Å². The number of H-pyrrole nitrogens is 1. The maximum absolute atomic E-state index is 12.5. The van der Waals surface area contributed by atoms with Crippen molar-refractivity contribution in [2.24, 2.45) is 0 Å². The zero-order valence-electron chi connectivity index (χ0n) is 17.6. The number of ether oxygens (including phenoxy) is 1. The largest absolute Gasteiger partial charge is 0.582 e. The number of oxazole rings is 1. The van der Waals surface area contributed by atoms with Crippen molar-refractivity contribution in [1.29, 1.82) is 0 Å². The van der Waals surface area contributed by atoms with E-state index in [-0.39, 0.29) is 11.7 Å². The Hall–Kier alpha value is -3.10. The van der Waals surface area contributed by atoms with Gasteiger partial charge < -0.3 is 14.1 Å². The minimum Gasteiger partial charge on any atom is -0.582 e. The Kier molecular flexibility index (Phi) is 6.92. The van der Waals surface area contributed by atoms with E-state index >= 15 is 0 Å². The summed E-state index contributed by atoms with van der Waals surface area (Å²) in [4.78, 5) is 42.8. The number of rotatable bonds is 8. The molecule has 32 heavy (non-hydrogen) atoms. The van der Waals surface area contributed by atoms with Gasteiger partial charge in [-0.2, -0.15) is 0 Å². The molecule has 168 valence electrons. The Labute approximate surface area is 189 Å². The molecule has 2 aromatic carbocycles. The number of fused-ring (bicyclic) bond motifs is 1. The fourth-order valence-electron chi connectivity index (χ4n) is 3.73. The van der Waals surface area contributed by atoms with Crippen molar-refractivity contribution in [1.82, 2.24) is 14.8 Å². The Morgan fingerprint density at radius 1 is 1.03 bits per heavy atom. The van der Waals surface area contributed by atoms with Gasteiger partial charge in [-0.1, -0.05) is 11.6 Å². The van der Waals surface area contributed by atoms with Crippen LogP contribution in [0.1, 0.15) is 23.2 Å². The molecule has 1 aliphatic rings. The van der Waals surface area contributed by atoms with Crippen molar-refractivity contribution in [3.8, 4) is 5.75 Å². The summed E-state index contributed by atoms with van der Waals surface area (Å²) in [5.41, 5.74) is 1.49. The highest BCUT2D eigenvalue weighted by molar-refractivity contribution is 6.30. The predicted molar refractivity (Wildman–Crippen MR) is 121 cm³/mol. The van der Waals surface area contributed by atoms with E-state index in [0.29, 0.717) is 60.8 Å². The van der Waals surface area contributed by atoms with E-state index in [1.807, 2.05) is 17.0 Å². The highest BCUT2D eigenvalue weighted by Gasteiger charge is 2.22. The number of aromatic nitrogens is 1. The fraction of sp³-hybridized carbons (Fsp3) is 0.348. The molecule has 8 nitrogen and oxygen atoms in total. The van der Waals surface area contributed by atoms with Crippen molar-refractivity contribution in [2.45, 2.75) is 12.8 Å². The molecule has 0 radical (unpaired) electrons. The smallest absolute Gasteiger partial charge is 0.417 e. The number of ketones is 1. The summed E-state index contributed by atoms with van der Waals surface area (Å²) in [6.07, 6.45) is 0.743. The molecule has 9 heteroatoms. The summed E-state index contributed by atoms with van der Waals surface area (Å²) >= 11 is 5.86. The van der Waals surface area contributed by atoms with Crippen molar-refractivity contribution >= 4 is 34.4 Å². The Bertz CT molecular complexity index is 1150. The number of hydrogen-bond donors (Lipinski definition) is 1. The van der Waals surface area contributed by atoms with Crippen LogP contribution in [0.4, 0.5) is 0 Å². The maximum Gasteiger partial charge on any atom is 0.417 e. The standard InChI is InChI=1S/C23H24ClN3O5/c24-17-2-4-18(5-3-17)31-14-8-22(29)27-12-10-26(11-13-27)9-7-20(28)16-1-6-19-21(15-16)32-23(30)25-19/h1-6,15H,7-14H2,(H,25,30)/p+1. The van der Waals surface area contributed by atoms with Crippen LogP contribution in [0.5, 0.6) is 5.75 Å². The lowest BCUT2D eigenvalue weighted by Gasteiger charge is -2.34. The van der Waals surface area contributed by atoms with E-state index in [2.05, 4.69) is 14.6 Å². The lowest BCUT2D eigenvalue weighted by Crippen LogP contribution is -2.49. The van der Waals surface area contributed by atoms with Gasteiger partial charge in [0.05, 0.1) is 5.52 Å². The Morgan fingerprint density at radius 3 is 2.53 bits per heavy atom. The third kappa shape index (κ3) is 5.57. The van der Waals surface area contributed by atoms with E-state index in [4.69, 9.17) is 16.0 Å². The summed E-state index contributed by atoms with van der Waals surface area (Å²) < 4.78 is 9.44. The number of halogens is 1. The van der Waals surface area contributed by atoms with Crippen molar-refractivity contribution in [3.63, 3.8) is 0 Å². The van der Waals surface area contributed by atoms with Gasteiger partial charge in [0.25, 0.3) is 5.75 Å². The molecule has 2 N–H and O–H groups in total. The highest BCUT2D eigenvalue weighted by atomic mass is 35.5. The predicted octanol–water partition coefficient (Wildman–Crippen LogP) is 2.82. The first kappa shape index (κ1) is 22.1. The first-order chi connectivity index (χ1) is 15.5. The van der Waals surface area contributed by atoms with Gasteiger partial charge >= 0.3 is 5.76 Å². The number of carbonyl (C=O) groups is 2.